The Hall–Kier alpha value is -5.01. The van der Waals surface area contributed by atoms with Gasteiger partial charge in [0, 0.05) is 61.0 Å². The van der Waals surface area contributed by atoms with Crippen molar-refractivity contribution in [1.82, 2.24) is 29.9 Å². The van der Waals surface area contributed by atoms with Crippen molar-refractivity contribution in [2.24, 2.45) is 5.41 Å². The number of anilines is 2. The van der Waals surface area contributed by atoms with E-state index in [4.69, 9.17) is 21.4 Å². The number of aromatic nitrogens is 3. The van der Waals surface area contributed by atoms with Crippen LogP contribution in [-0.2, 0) is 4.79 Å². The number of pyridine rings is 1. The second kappa shape index (κ2) is 15.3. The summed E-state index contributed by atoms with van der Waals surface area (Å²) in [7, 11) is 1.59. The lowest BCUT2D eigenvalue weighted by atomic mass is 9.70. The number of benzene rings is 2. The summed E-state index contributed by atoms with van der Waals surface area (Å²) >= 11 is 6.43. The van der Waals surface area contributed by atoms with Gasteiger partial charge in [-0.05, 0) is 113 Å². The van der Waals surface area contributed by atoms with Gasteiger partial charge in [-0.25, -0.2) is 9.78 Å². The first kappa shape index (κ1) is 36.9. The number of nitrogens with one attached hydrogen (secondary N) is 2. The Bertz CT molecular complexity index is 2130. The molecule has 13 nitrogen and oxygen atoms in total. The van der Waals surface area contributed by atoms with E-state index in [1.165, 1.54) is 4.90 Å². The Morgan fingerprint density at radius 2 is 1.65 bits per heavy atom. The lowest BCUT2D eigenvalue weighted by Gasteiger charge is -2.49. The molecule has 3 aliphatic heterocycles. The number of carbonyl (C=O) groups is 4. The fraction of sp³-hybridized carbons (Fsp3) is 0.463. The minimum Gasteiger partial charge on any atom is -0.494 e. The maximum absolute atomic E-state index is 13.6. The Kier molecular flexibility index (Phi) is 10.2. The topological polar surface area (TPSA) is 142 Å². The van der Waals surface area contributed by atoms with Crippen LogP contribution in [0, 0.1) is 12.3 Å². The minimum atomic E-state index is -0.522. The van der Waals surface area contributed by atoms with E-state index in [9.17, 15) is 19.2 Å². The van der Waals surface area contributed by atoms with Gasteiger partial charge in [-0.2, -0.15) is 5.10 Å². The van der Waals surface area contributed by atoms with E-state index in [0.29, 0.717) is 58.6 Å². The molecule has 14 heteroatoms. The van der Waals surface area contributed by atoms with Gasteiger partial charge in [0.25, 0.3) is 11.8 Å². The fourth-order valence-corrected chi connectivity index (χ4v) is 9.17. The SMILES string of the molecule is COc1cc2nn(C3CCC(N4CCC5(CCN(C(=O)c6ccc(Cl)c(N7CCC(=O)NC7=O)c6)CC5)CC4)CC3)cc2cc1NC(=O)c1cccc(C)n1. The molecular formula is C41H47ClN8O5. The highest BCUT2D eigenvalue weighted by Gasteiger charge is 2.41. The van der Waals surface area contributed by atoms with Crippen LogP contribution in [0.3, 0.4) is 0 Å². The Morgan fingerprint density at radius 3 is 2.36 bits per heavy atom. The number of nitrogens with zero attached hydrogens (tertiary/aromatic N) is 6. The number of carbonyl (C=O) groups excluding carboxylic acids is 4. The summed E-state index contributed by atoms with van der Waals surface area (Å²) in [5.41, 5.74) is 3.77. The maximum atomic E-state index is 13.6. The smallest absolute Gasteiger partial charge is 0.328 e. The van der Waals surface area contributed by atoms with Gasteiger partial charge in [-0.3, -0.25) is 29.3 Å². The lowest BCUT2D eigenvalue weighted by Crippen LogP contribution is -2.51. The molecule has 0 bridgehead atoms. The predicted molar refractivity (Wildman–Crippen MR) is 210 cm³/mol. The van der Waals surface area contributed by atoms with Gasteiger partial charge in [-0.1, -0.05) is 17.7 Å². The zero-order valence-corrected chi connectivity index (χ0v) is 32.1. The van der Waals surface area contributed by atoms with Crippen LogP contribution in [0.2, 0.25) is 5.02 Å². The second-order valence-electron chi connectivity index (χ2n) is 15.6. The minimum absolute atomic E-state index is 0.0532. The highest BCUT2D eigenvalue weighted by atomic mass is 35.5. The second-order valence-corrected chi connectivity index (χ2v) is 16.0. The number of piperidine rings is 2. The van der Waals surface area contributed by atoms with Crippen molar-refractivity contribution >= 4 is 57.6 Å². The van der Waals surface area contributed by atoms with Crippen LogP contribution >= 0.6 is 11.6 Å². The number of urea groups is 1. The van der Waals surface area contributed by atoms with Crippen LogP contribution < -0.4 is 20.3 Å². The first-order valence-electron chi connectivity index (χ1n) is 19.3. The van der Waals surface area contributed by atoms with Crippen molar-refractivity contribution in [3.05, 3.63) is 76.7 Å². The van der Waals surface area contributed by atoms with E-state index in [1.54, 1.807) is 31.4 Å². The molecule has 4 fully saturated rings. The zero-order valence-electron chi connectivity index (χ0n) is 31.4. The molecule has 1 spiro atoms. The van der Waals surface area contributed by atoms with Gasteiger partial charge in [0.05, 0.1) is 35.1 Å². The quantitative estimate of drug-likeness (QED) is 0.214. The molecule has 4 aliphatic rings. The molecule has 2 aromatic heterocycles. The van der Waals surface area contributed by atoms with E-state index in [-0.39, 0.29) is 36.1 Å². The molecule has 2 aromatic carbocycles. The molecule has 8 rings (SSSR count). The van der Waals surface area contributed by atoms with Gasteiger partial charge in [0.15, 0.2) is 0 Å². The first-order valence-corrected chi connectivity index (χ1v) is 19.7. The Labute approximate surface area is 325 Å². The number of fused-ring (bicyclic) bond motifs is 1. The summed E-state index contributed by atoms with van der Waals surface area (Å²) in [6.45, 7) is 5.68. The molecular weight excluding hydrogens is 720 g/mol. The molecule has 55 heavy (non-hydrogen) atoms. The van der Waals surface area contributed by atoms with Crippen LogP contribution in [-0.4, -0.2) is 94.2 Å². The van der Waals surface area contributed by atoms with Crippen LogP contribution in [0.1, 0.15) is 90.4 Å². The lowest BCUT2D eigenvalue weighted by molar-refractivity contribution is -0.120. The number of imide groups is 1. The molecule has 1 aliphatic carbocycles. The first-order chi connectivity index (χ1) is 26.6. The van der Waals surface area contributed by atoms with Gasteiger partial charge in [-0.15, -0.1) is 0 Å². The van der Waals surface area contributed by atoms with E-state index in [1.807, 2.05) is 36.1 Å². The highest BCUT2D eigenvalue weighted by Crippen LogP contribution is 2.44. The molecule has 0 radical (unpaired) electrons. The number of ether oxygens (including phenoxy) is 1. The molecule has 2 N–H and O–H groups in total. The molecule has 1 saturated carbocycles. The third-order valence-electron chi connectivity index (χ3n) is 12.3. The average molecular weight is 767 g/mol. The molecule has 288 valence electrons. The number of hydrogen-bond donors (Lipinski definition) is 2. The zero-order chi connectivity index (χ0) is 38.3. The summed E-state index contributed by atoms with van der Waals surface area (Å²) in [6, 6.07) is 14.6. The molecule has 0 atom stereocenters. The molecule has 5 amide bonds. The summed E-state index contributed by atoms with van der Waals surface area (Å²) < 4.78 is 7.73. The van der Waals surface area contributed by atoms with Crippen molar-refractivity contribution in [3.63, 3.8) is 0 Å². The standard InChI is InChI=1S/C41H47ClN8O5/c1-26-4-3-5-32(43-26)38(52)44-34-22-28-25-50(46-33(28)24-36(34)55-2)30-9-7-29(8-10-30)47-18-13-41(14-19-47)15-20-48(21-16-41)39(53)27-6-11-31(42)35(23-27)49-17-12-37(51)45-40(49)54/h3-6,11,22-25,29-30H,7-10,12-21H2,1-2H3,(H,44,52)(H,45,51,54). The number of methoxy groups -OCH3 is 1. The summed E-state index contributed by atoms with van der Waals surface area (Å²) in [4.78, 5) is 61.0. The van der Waals surface area contributed by atoms with Crippen LogP contribution in [0.25, 0.3) is 10.9 Å². The molecule has 0 unspecified atom stereocenters. The number of aryl methyl sites for hydroxylation is 1. The highest BCUT2D eigenvalue weighted by molar-refractivity contribution is 6.34. The fourth-order valence-electron chi connectivity index (χ4n) is 8.95. The van der Waals surface area contributed by atoms with Crippen molar-refractivity contribution in [2.45, 2.75) is 76.8 Å². The third-order valence-corrected chi connectivity index (χ3v) is 12.6. The summed E-state index contributed by atoms with van der Waals surface area (Å²) in [5.74, 6) is -0.0951. The third kappa shape index (κ3) is 7.64. The normalized spacial score (nSPS) is 21.8. The van der Waals surface area contributed by atoms with E-state index >= 15 is 0 Å². The number of rotatable bonds is 7. The van der Waals surface area contributed by atoms with E-state index in [0.717, 1.165) is 81.1 Å². The van der Waals surface area contributed by atoms with Crippen LogP contribution in [0.15, 0.2) is 54.7 Å². The predicted octanol–water partition coefficient (Wildman–Crippen LogP) is 6.60. The van der Waals surface area contributed by atoms with Crippen LogP contribution in [0.4, 0.5) is 16.2 Å². The molecule has 3 saturated heterocycles. The molecule has 4 aromatic rings. The summed E-state index contributed by atoms with van der Waals surface area (Å²) in [5, 5.41) is 11.5. The van der Waals surface area contributed by atoms with Gasteiger partial charge < -0.3 is 19.9 Å². The van der Waals surface area contributed by atoms with Gasteiger partial charge >= 0.3 is 6.03 Å². The number of halogens is 1. The number of amides is 5. The van der Waals surface area contributed by atoms with Crippen LogP contribution in [0.5, 0.6) is 5.75 Å². The largest absolute Gasteiger partial charge is 0.494 e. The maximum Gasteiger partial charge on any atom is 0.328 e. The molecule has 5 heterocycles. The average Bonchev–Trinajstić information content (AvgIpc) is 3.61. The van der Waals surface area contributed by atoms with Gasteiger partial charge in [0.2, 0.25) is 5.91 Å². The van der Waals surface area contributed by atoms with Crippen molar-refractivity contribution in [2.75, 3.05) is 50.1 Å². The van der Waals surface area contributed by atoms with Crippen molar-refractivity contribution in [3.8, 4) is 5.75 Å². The van der Waals surface area contributed by atoms with Crippen molar-refractivity contribution < 1.29 is 23.9 Å². The number of hydrogen-bond acceptors (Lipinski definition) is 8. The Morgan fingerprint density at radius 1 is 0.927 bits per heavy atom. The van der Waals surface area contributed by atoms with E-state index < -0.39 is 6.03 Å². The number of likely N-dealkylation sites (tertiary alicyclic amines) is 2. The Balaban J connectivity index is 0.829. The van der Waals surface area contributed by atoms with Crippen molar-refractivity contribution in [1.29, 1.82) is 0 Å². The van der Waals surface area contributed by atoms with E-state index in [2.05, 4.69) is 31.4 Å². The summed E-state index contributed by atoms with van der Waals surface area (Å²) in [6.07, 6.45) is 10.9. The van der Waals surface area contributed by atoms with Gasteiger partial charge in [0.1, 0.15) is 11.4 Å². The monoisotopic (exact) mass is 766 g/mol.